The second-order valence-electron chi connectivity index (χ2n) is 11.8. The van der Waals surface area contributed by atoms with E-state index in [2.05, 4.69) is 57.8 Å². The van der Waals surface area contributed by atoms with Crippen LogP contribution in [-0.4, -0.2) is 39.2 Å². The lowest BCUT2D eigenvalue weighted by Crippen LogP contribution is -2.11. The highest BCUT2D eigenvalue weighted by atomic mass is 35.5. The standard InChI is InChI=1S/C18H15ClN4.C18H16N4O/c1-11(2)15-9-16-20-10-13-8-14(12-6-4-3-5-7-12)17(19)21-18(13)23(16)22-15;1-11(2)15-9-16-19-10-13-8-14(12-6-4-3-5-7-12)18(23)20-17(13)22(16)21-15/h3-11H,1-2H3;3-11H,1-2H3,(H,20,23). The summed E-state index contributed by atoms with van der Waals surface area (Å²) >= 11 is 6.43. The van der Waals surface area contributed by atoms with Crippen LogP contribution in [0.15, 0.2) is 102 Å². The van der Waals surface area contributed by atoms with Gasteiger partial charge >= 0.3 is 0 Å². The summed E-state index contributed by atoms with van der Waals surface area (Å²) in [6, 6.07) is 27.4. The number of aromatic nitrogens is 8. The Balaban J connectivity index is 0.000000147. The van der Waals surface area contributed by atoms with E-state index < -0.39 is 0 Å². The second-order valence-corrected chi connectivity index (χ2v) is 12.1. The maximum absolute atomic E-state index is 12.5. The fourth-order valence-electron chi connectivity index (χ4n) is 5.34. The van der Waals surface area contributed by atoms with Crippen molar-refractivity contribution in [3.05, 3.63) is 124 Å². The average molecular weight is 627 g/mol. The average Bonchev–Trinajstić information content (AvgIpc) is 3.71. The van der Waals surface area contributed by atoms with Crippen LogP contribution < -0.4 is 5.56 Å². The molecule has 1 N–H and O–H groups in total. The molecule has 0 aliphatic carbocycles. The van der Waals surface area contributed by atoms with E-state index in [1.54, 1.807) is 15.2 Å². The first-order chi connectivity index (χ1) is 22.3. The van der Waals surface area contributed by atoms with Crippen molar-refractivity contribution in [3.8, 4) is 22.3 Å². The number of fused-ring (bicyclic) bond motifs is 6. The largest absolute Gasteiger partial charge is 0.306 e. The van der Waals surface area contributed by atoms with E-state index >= 15 is 0 Å². The van der Waals surface area contributed by atoms with Crippen LogP contribution in [0.1, 0.15) is 50.9 Å². The number of H-pyrrole nitrogens is 1. The molecule has 8 aromatic rings. The van der Waals surface area contributed by atoms with Crippen molar-refractivity contribution < 1.29 is 0 Å². The Morgan fingerprint density at radius 1 is 0.674 bits per heavy atom. The van der Waals surface area contributed by atoms with Gasteiger partial charge in [-0.3, -0.25) is 4.79 Å². The lowest BCUT2D eigenvalue weighted by atomic mass is 10.1. The highest BCUT2D eigenvalue weighted by Crippen LogP contribution is 2.30. The number of nitrogens with zero attached hydrogens (tertiary/aromatic N) is 7. The van der Waals surface area contributed by atoms with E-state index in [4.69, 9.17) is 11.6 Å². The summed E-state index contributed by atoms with van der Waals surface area (Å²) in [5, 5.41) is 11.4. The number of hydrogen-bond donors (Lipinski definition) is 1. The minimum Gasteiger partial charge on any atom is -0.306 e. The molecular formula is C36H31ClN8O. The first kappa shape index (κ1) is 29.3. The fourth-order valence-corrected chi connectivity index (χ4v) is 5.59. The Kier molecular flexibility index (Phi) is 7.54. The number of halogens is 1. The van der Waals surface area contributed by atoms with E-state index in [0.717, 1.165) is 55.8 Å². The van der Waals surface area contributed by atoms with Gasteiger partial charge in [-0.2, -0.15) is 19.2 Å². The first-order valence-corrected chi connectivity index (χ1v) is 15.5. The zero-order valence-corrected chi connectivity index (χ0v) is 26.6. The van der Waals surface area contributed by atoms with Gasteiger partial charge in [0.05, 0.1) is 11.4 Å². The number of pyridine rings is 2. The van der Waals surface area contributed by atoms with E-state index in [-0.39, 0.29) is 5.56 Å². The third kappa shape index (κ3) is 5.39. The van der Waals surface area contributed by atoms with Gasteiger partial charge in [0.25, 0.3) is 5.56 Å². The maximum atomic E-state index is 12.5. The molecule has 0 spiro atoms. The van der Waals surface area contributed by atoms with Crippen molar-refractivity contribution in [2.45, 2.75) is 39.5 Å². The Labute approximate surface area is 269 Å². The first-order valence-electron chi connectivity index (χ1n) is 15.1. The molecule has 9 nitrogen and oxygen atoms in total. The van der Waals surface area contributed by atoms with Crippen molar-refractivity contribution in [2.24, 2.45) is 0 Å². The van der Waals surface area contributed by atoms with Gasteiger partial charge in [0.1, 0.15) is 10.8 Å². The summed E-state index contributed by atoms with van der Waals surface area (Å²) < 4.78 is 3.48. The molecule has 0 saturated carbocycles. The third-order valence-electron chi connectivity index (χ3n) is 7.89. The number of hydrogen-bond acceptors (Lipinski definition) is 6. The summed E-state index contributed by atoms with van der Waals surface area (Å²) in [4.78, 5) is 29.0. The smallest absolute Gasteiger partial charge is 0.257 e. The highest BCUT2D eigenvalue weighted by molar-refractivity contribution is 6.32. The number of rotatable bonds is 4. The van der Waals surface area contributed by atoms with Crippen LogP contribution in [0.25, 0.3) is 55.6 Å². The molecule has 0 unspecified atom stereocenters. The molecule has 0 fully saturated rings. The predicted molar refractivity (Wildman–Crippen MR) is 183 cm³/mol. The molecule has 10 heteroatoms. The fraction of sp³-hybridized carbons (Fsp3) is 0.167. The summed E-state index contributed by atoms with van der Waals surface area (Å²) in [6.45, 7) is 8.39. The van der Waals surface area contributed by atoms with Crippen LogP contribution >= 0.6 is 11.6 Å². The summed E-state index contributed by atoms with van der Waals surface area (Å²) in [7, 11) is 0. The Morgan fingerprint density at radius 3 is 1.80 bits per heavy atom. The van der Waals surface area contributed by atoms with Gasteiger partial charge in [-0.05, 0) is 35.1 Å². The predicted octanol–water partition coefficient (Wildman–Crippen LogP) is 8.08. The maximum Gasteiger partial charge on any atom is 0.257 e. The molecule has 46 heavy (non-hydrogen) atoms. The highest BCUT2D eigenvalue weighted by Gasteiger charge is 2.14. The Hall–Kier alpha value is -5.41. The molecular weight excluding hydrogens is 596 g/mol. The van der Waals surface area contributed by atoms with Crippen LogP contribution in [0, 0.1) is 0 Å². The van der Waals surface area contributed by atoms with Gasteiger partial charge < -0.3 is 4.98 Å². The zero-order chi connectivity index (χ0) is 31.9. The van der Waals surface area contributed by atoms with Crippen molar-refractivity contribution in [1.29, 1.82) is 0 Å². The second kappa shape index (κ2) is 11.8. The topological polar surface area (TPSA) is 106 Å². The van der Waals surface area contributed by atoms with Gasteiger partial charge in [0.2, 0.25) is 0 Å². The van der Waals surface area contributed by atoms with Gasteiger partial charge in [-0.25, -0.2) is 15.0 Å². The monoisotopic (exact) mass is 626 g/mol. The molecule has 228 valence electrons. The lowest BCUT2D eigenvalue weighted by Gasteiger charge is -2.07. The van der Waals surface area contributed by atoms with Gasteiger partial charge in [0.15, 0.2) is 16.9 Å². The van der Waals surface area contributed by atoms with Crippen LogP contribution in [0.4, 0.5) is 0 Å². The Morgan fingerprint density at radius 2 is 1.20 bits per heavy atom. The molecule has 0 amide bonds. The van der Waals surface area contributed by atoms with E-state index in [0.29, 0.717) is 28.2 Å². The van der Waals surface area contributed by atoms with Crippen LogP contribution in [-0.2, 0) is 0 Å². The summed E-state index contributed by atoms with van der Waals surface area (Å²) in [6.07, 6.45) is 3.60. The molecule has 0 saturated heterocycles. The van der Waals surface area contributed by atoms with Crippen molar-refractivity contribution in [2.75, 3.05) is 0 Å². The summed E-state index contributed by atoms with van der Waals surface area (Å²) in [5.74, 6) is 0.646. The molecule has 0 aliphatic heterocycles. The zero-order valence-electron chi connectivity index (χ0n) is 25.8. The van der Waals surface area contributed by atoms with Crippen molar-refractivity contribution in [1.82, 2.24) is 39.2 Å². The molecule has 0 bridgehead atoms. The molecule has 6 aromatic heterocycles. The summed E-state index contributed by atoms with van der Waals surface area (Å²) in [5.41, 5.74) is 8.22. The minimum atomic E-state index is -0.127. The van der Waals surface area contributed by atoms with Gasteiger partial charge in [0, 0.05) is 46.4 Å². The van der Waals surface area contributed by atoms with E-state index in [9.17, 15) is 4.79 Å². The van der Waals surface area contributed by atoms with Crippen LogP contribution in [0.5, 0.6) is 0 Å². The molecule has 0 radical (unpaired) electrons. The van der Waals surface area contributed by atoms with Gasteiger partial charge in [-0.15, -0.1) is 0 Å². The number of aromatic amines is 1. The number of nitrogens with one attached hydrogen (secondary N) is 1. The van der Waals surface area contributed by atoms with Gasteiger partial charge in [-0.1, -0.05) is 100.0 Å². The minimum absolute atomic E-state index is 0.127. The molecule has 0 atom stereocenters. The number of benzene rings is 2. The van der Waals surface area contributed by atoms with E-state index in [1.165, 1.54) is 0 Å². The van der Waals surface area contributed by atoms with Crippen molar-refractivity contribution >= 4 is 45.0 Å². The van der Waals surface area contributed by atoms with Crippen LogP contribution in [0.2, 0.25) is 5.15 Å². The molecule has 0 aliphatic rings. The van der Waals surface area contributed by atoms with E-state index in [1.807, 2.05) is 91.1 Å². The lowest BCUT2D eigenvalue weighted by molar-refractivity contribution is 0.792. The SMILES string of the molecule is CC(C)c1cc2ncc3cc(-c4ccccc4)c(=O)[nH]c3n2n1.CC(C)c1cc2ncc3cc(-c4ccccc4)c(Cl)nc3n2n1. The third-order valence-corrected chi connectivity index (χ3v) is 8.18. The normalized spacial score (nSPS) is 11.6. The van der Waals surface area contributed by atoms with Crippen molar-refractivity contribution in [3.63, 3.8) is 0 Å². The molecule has 8 rings (SSSR count). The molecule has 6 heterocycles. The Bertz CT molecular complexity index is 2410. The quantitative estimate of drug-likeness (QED) is 0.198. The molecule has 2 aromatic carbocycles. The van der Waals surface area contributed by atoms with Crippen LogP contribution in [0.3, 0.4) is 0 Å².